The van der Waals surface area contributed by atoms with Gasteiger partial charge in [-0.2, -0.15) is 0 Å². The number of nitrogens with one attached hydrogen (secondary N) is 2. The molecule has 4 aliphatic carbocycles. The van der Waals surface area contributed by atoms with Crippen molar-refractivity contribution in [1.29, 1.82) is 0 Å². The lowest BCUT2D eigenvalue weighted by atomic mass is 9.43. The Morgan fingerprint density at radius 1 is 1.07 bits per heavy atom. The SMILES string of the molecule is C#CCC(NC(=O)C=CCCC(C)C1CCC2C3C(O)C(O)C4CC(O)CCC4(C)C3CCC12C)NC(=O)CCCN=[N+]=[N-]. The van der Waals surface area contributed by atoms with Gasteiger partial charge in [0.2, 0.25) is 11.8 Å². The highest BCUT2D eigenvalue weighted by Gasteiger charge is 2.65. The van der Waals surface area contributed by atoms with Gasteiger partial charge in [-0.1, -0.05) is 32.0 Å². The smallest absolute Gasteiger partial charge is 0.245 e. The monoisotopic (exact) mass is 611 g/mol. The lowest BCUT2D eigenvalue weighted by molar-refractivity contribution is -0.223. The van der Waals surface area contributed by atoms with Gasteiger partial charge in [-0.05, 0) is 122 Å². The van der Waals surface area contributed by atoms with E-state index in [-0.39, 0.29) is 60.0 Å². The molecule has 44 heavy (non-hydrogen) atoms. The number of carbonyl (C=O) groups excluding carboxylic acids is 2. The van der Waals surface area contributed by atoms with E-state index >= 15 is 0 Å². The molecule has 12 atom stereocenters. The number of hydrogen-bond donors (Lipinski definition) is 5. The molecule has 0 spiro atoms. The number of rotatable bonds is 12. The maximum absolute atomic E-state index is 12.6. The molecule has 10 heteroatoms. The highest BCUT2D eigenvalue weighted by atomic mass is 16.3. The molecule has 4 rings (SSSR count). The second kappa shape index (κ2) is 14.7. The number of nitrogens with zero attached hydrogens (tertiary/aromatic N) is 3. The molecule has 2 amide bonds. The first-order chi connectivity index (χ1) is 21.0. The van der Waals surface area contributed by atoms with Crippen molar-refractivity contribution in [2.45, 2.75) is 122 Å². The van der Waals surface area contributed by atoms with Gasteiger partial charge in [0.1, 0.15) is 6.17 Å². The van der Waals surface area contributed by atoms with Crippen molar-refractivity contribution in [2.24, 2.45) is 51.5 Å². The predicted octanol–water partition coefficient (Wildman–Crippen LogP) is 4.59. The van der Waals surface area contributed by atoms with Gasteiger partial charge in [-0.3, -0.25) is 9.59 Å². The quantitative estimate of drug-likeness (QED) is 0.0413. The van der Waals surface area contributed by atoms with Crippen LogP contribution < -0.4 is 10.6 Å². The van der Waals surface area contributed by atoms with E-state index in [1.54, 1.807) is 0 Å². The fourth-order valence-electron chi connectivity index (χ4n) is 10.1. The van der Waals surface area contributed by atoms with Crippen LogP contribution in [0, 0.1) is 58.7 Å². The van der Waals surface area contributed by atoms with Crippen molar-refractivity contribution in [3.8, 4) is 12.3 Å². The lowest BCUT2D eigenvalue weighted by Crippen LogP contribution is -2.64. The molecule has 0 aliphatic heterocycles. The summed E-state index contributed by atoms with van der Waals surface area (Å²) in [5.74, 6) is 3.69. The zero-order valence-corrected chi connectivity index (χ0v) is 26.7. The van der Waals surface area contributed by atoms with E-state index in [0.717, 1.165) is 51.4 Å². The van der Waals surface area contributed by atoms with Gasteiger partial charge in [0.25, 0.3) is 0 Å². The second-order valence-electron chi connectivity index (χ2n) is 14.6. The molecule has 244 valence electrons. The number of carbonyl (C=O) groups is 2. The minimum absolute atomic E-state index is 0.0337. The first kappa shape index (κ1) is 34.3. The molecule has 0 bridgehead atoms. The zero-order valence-electron chi connectivity index (χ0n) is 26.7. The van der Waals surface area contributed by atoms with Crippen molar-refractivity contribution in [3.05, 3.63) is 22.6 Å². The molecule has 0 aromatic carbocycles. The standard InChI is InChI=1S/C34H53N5O5/c1-5-9-27(38-29(42)12-8-19-36-39-35)37-28(41)11-7-6-10-21(2)23-13-14-24-30-25(16-18-33(23,24)3)34(4)17-15-22(40)20-26(34)31(43)32(30)44/h1,7,11,21-27,30-32,40,43-44H,6,8-10,12-20H2,2-4H3,(H,37,41)(H,38,42). The van der Waals surface area contributed by atoms with Gasteiger partial charge >= 0.3 is 0 Å². The molecule has 4 aliphatic rings. The van der Waals surface area contributed by atoms with Crippen LogP contribution in [0.5, 0.6) is 0 Å². The van der Waals surface area contributed by atoms with E-state index in [1.807, 2.05) is 6.08 Å². The molecule has 4 saturated carbocycles. The Morgan fingerprint density at radius 3 is 2.52 bits per heavy atom. The number of aliphatic hydroxyl groups is 3. The fourth-order valence-corrected chi connectivity index (χ4v) is 10.1. The van der Waals surface area contributed by atoms with E-state index in [1.165, 1.54) is 6.08 Å². The minimum atomic E-state index is -0.774. The number of aliphatic hydroxyl groups excluding tert-OH is 3. The van der Waals surface area contributed by atoms with Gasteiger partial charge in [0, 0.05) is 24.3 Å². The Labute approximate surface area is 262 Å². The molecular weight excluding hydrogens is 558 g/mol. The maximum Gasteiger partial charge on any atom is 0.245 e. The summed E-state index contributed by atoms with van der Waals surface area (Å²) in [5, 5.41) is 42.0. The highest BCUT2D eigenvalue weighted by Crippen LogP contribution is 2.68. The van der Waals surface area contributed by atoms with Crippen molar-refractivity contribution in [2.75, 3.05) is 6.54 Å². The van der Waals surface area contributed by atoms with Crippen LogP contribution in [0.15, 0.2) is 17.3 Å². The molecule has 12 unspecified atom stereocenters. The summed E-state index contributed by atoms with van der Waals surface area (Å²) in [6, 6.07) is 0. The van der Waals surface area contributed by atoms with Crippen LogP contribution in [0.25, 0.3) is 10.4 Å². The van der Waals surface area contributed by atoms with E-state index in [9.17, 15) is 24.9 Å². The van der Waals surface area contributed by atoms with Gasteiger partial charge in [-0.25, -0.2) is 0 Å². The number of amides is 2. The number of azide groups is 1. The maximum atomic E-state index is 12.6. The summed E-state index contributed by atoms with van der Waals surface area (Å²) in [7, 11) is 0. The van der Waals surface area contributed by atoms with Crippen LogP contribution >= 0.6 is 0 Å². The molecule has 0 radical (unpaired) electrons. The Morgan fingerprint density at radius 2 is 1.80 bits per heavy atom. The van der Waals surface area contributed by atoms with Crippen molar-refractivity contribution < 1.29 is 24.9 Å². The molecule has 0 heterocycles. The van der Waals surface area contributed by atoms with Crippen molar-refractivity contribution >= 4 is 11.8 Å². The van der Waals surface area contributed by atoms with Crippen molar-refractivity contribution in [3.63, 3.8) is 0 Å². The Balaban J connectivity index is 1.30. The van der Waals surface area contributed by atoms with Gasteiger partial charge in [-0.15, -0.1) is 12.3 Å². The molecule has 5 N–H and O–H groups in total. The minimum Gasteiger partial charge on any atom is -0.393 e. The normalized spacial score (nSPS) is 39.1. The Bertz CT molecular complexity index is 1150. The third-order valence-corrected chi connectivity index (χ3v) is 12.2. The zero-order chi connectivity index (χ0) is 32.1. The summed E-state index contributed by atoms with van der Waals surface area (Å²) in [5.41, 5.74) is 8.42. The summed E-state index contributed by atoms with van der Waals surface area (Å²) >= 11 is 0. The molecule has 0 aromatic rings. The first-order valence-electron chi connectivity index (χ1n) is 16.7. The van der Waals surface area contributed by atoms with Crippen LogP contribution in [0.1, 0.15) is 97.8 Å². The van der Waals surface area contributed by atoms with E-state index in [0.29, 0.717) is 36.5 Å². The van der Waals surface area contributed by atoms with Crippen LogP contribution in [0.2, 0.25) is 0 Å². The van der Waals surface area contributed by atoms with Crippen molar-refractivity contribution in [1.82, 2.24) is 10.6 Å². The summed E-state index contributed by atoms with van der Waals surface area (Å²) in [4.78, 5) is 27.4. The van der Waals surface area contributed by atoms with Gasteiger partial charge in [0.05, 0.1) is 18.3 Å². The summed E-state index contributed by atoms with van der Waals surface area (Å²) < 4.78 is 0. The highest BCUT2D eigenvalue weighted by molar-refractivity contribution is 5.88. The topological polar surface area (TPSA) is 168 Å². The molecule has 10 nitrogen and oxygen atoms in total. The molecule has 0 saturated heterocycles. The summed E-state index contributed by atoms with van der Waals surface area (Å²) in [6.45, 7) is 7.27. The third-order valence-electron chi connectivity index (χ3n) is 12.2. The largest absolute Gasteiger partial charge is 0.393 e. The number of hydrogen-bond acceptors (Lipinski definition) is 6. The third kappa shape index (κ3) is 7.12. The van der Waals surface area contributed by atoms with Gasteiger partial charge < -0.3 is 26.0 Å². The van der Waals surface area contributed by atoms with Crippen LogP contribution in [0.3, 0.4) is 0 Å². The number of terminal acetylenes is 1. The van der Waals surface area contributed by atoms with E-state index < -0.39 is 18.4 Å². The number of fused-ring (bicyclic) bond motifs is 5. The fraction of sp³-hybridized carbons (Fsp3) is 0.824. The molecule has 0 aromatic heterocycles. The molecule has 4 fully saturated rings. The van der Waals surface area contributed by atoms with Crippen LogP contribution in [-0.2, 0) is 9.59 Å². The first-order valence-corrected chi connectivity index (χ1v) is 16.7. The second-order valence-corrected chi connectivity index (χ2v) is 14.6. The van der Waals surface area contributed by atoms with E-state index in [2.05, 4.69) is 47.4 Å². The van der Waals surface area contributed by atoms with Crippen LogP contribution in [-0.4, -0.2) is 58.2 Å². The van der Waals surface area contributed by atoms with Gasteiger partial charge in [0.15, 0.2) is 0 Å². The Kier molecular flexibility index (Phi) is 11.4. The Hall–Kier alpha value is -2.57. The lowest BCUT2D eigenvalue weighted by Gasteiger charge is -2.63. The van der Waals surface area contributed by atoms with E-state index in [4.69, 9.17) is 12.0 Å². The average molecular weight is 612 g/mol. The predicted molar refractivity (Wildman–Crippen MR) is 168 cm³/mol. The average Bonchev–Trinajstić information content (AvgIpc) is 3.34. The molecular formula is C34H53N5O5. The number of allylic oxidation sites excluding steroid dienone is 1. The van der Waals surface area contributed by atoms with Crippen LogP contribution in [0.4, 0.5) is 0 Å². The summed E-state index contributed by atoms with van der Waals surface area (Å²) in [6.07, 6.45) is 15.4.